The molecule has 2 nitrogen and oxygen atoms in total. The predicted octanol–water partition coefficient (Wildman–Crippen LogP) is 2.78. The Balaban J connectivity index is 2.89. The summed E-state index contributed by atoms with van der Waals surface area (Å²) in [6.07, 6.45) is 0.421. The smallest absolute Gasteiger partial charge is 0.163 e. The van der Waals surface area contributed by atoms with Crippen LogP contribution >= 0.6 is 0 Å². The van der Waals surface area contributed by atoms with Crippen LogP contribution in [0.15, 0.2) is 18.2 Å². The molecule has 1 aromatic rings. The average Bonchev–Trinajstić information content (AvgIpc) is 2.21. The first-order chi connectivity index (χ1) is 7.37. The molecule has 1 unspecified atom stereocenters. The second-order valence-electron chi connectivity index (χ2n) is 4.42. The van der Waals surface area contributed by atoms with Crippen LogP contribution in [-0.2, 0) is 4.74 Å². The molecule has 1 aromatic carbocycles. The van der Waals surface area contributed by atoms with Gasteiger partial charge in [-0.1, -0.05) is 12.1 Å². The molecule has 2 N–H and O–H groups in total. The molecule has 0 spiro atoms. The quantitative estimate of drug-likeness (QED) is 0.861. The van der Waals surface area contributed by atoms with Crippen molar-refractivity contribution in [1.82, 2.24) is 0 Å². The number of ether oxygens (including phenoxy) is 1. The maximum Gasteiger partial charge on any atom is 0.163 e. The first-order valence-corrected chi connectivity index (χ1v) is 5.12. The number of benzene rings is 1. The zero-order valence-corrected chi connectivity index (χ0v) is 9.76. The topological polar surface area (TPSA) is 35.2 Å². The minimum Gasteiger partial charge on any atom is -0.379 e. The summed E-state index contributed by atoms with van der Waals surface area (Å²) in [5, 5.41) is 0. The van der Waals surface area contributed by atoms with E-state index in [2.05, 4.69) is 0 Å². The third-order valence-electron chi connectivity index (χ3n) is 2.65. The van der Waals surface area contributed by atoms with Crippen molar-refractivity contribution in [1.29, 1.82) is 0 Å². The Morgan fingerprint density at radius 2 is 2.00 bits per heavy atom. The van der Waals surface area contributed by atoms with E-state index in [0.717, 1.165) is 6.07 Å². The molecule has 0 fully saturated rings. The second kappa shape index (κ2) is 4.89. The molecular formula is C12H17F2NO. The number of halogens is 2. The minimum atomic E-state index is -0.873. The van der Waals surface area contributed by atoms with E-state index >= 15 is 0 Å². The summed E-state index contributed by atoms with van der Waals surface area (Å²) in [6, 6.07) is 3.44. The van der Waals surface area contributed by atoms with Crippen LogP contribution in [0.4, 0.5) is 8.78 Å². The van der Waals surface area contributed by atoms with Crippen molar-refractivity contribution in [3.8, 4) is 0 Å². The Morgan fingerprint density at radius 3 is 2.56 bits per heavy atom. The monoisotopic (exact) mass is 229 g/mol. The molecule has 0 bridgehead atoms. The van der Waals surface area contributed by atoms with E-state index < -0.39 is 23.3 Å². The summed E-state index contributed by atoms with van der Waals surface area (Å²) in [6.45, 7) is 3.70. The van der Waals surface area contributed by atoms with E-state index in [4.69, 9.17) is 10.5 Å². The van der Waals surface area contributed by atoms with Crippen LogP contribution in [0.1, 0.15) is 31.9 Å². The van der Waals surface area contributed by atoms with E-state index in [1.807, 2.05) is 13.8 Å². The van der Waals surface area contributed by atoms with Gasteiger partial charge in [0.05, 0.1) is 5.60 Å². The highest BCUT2D eigenvalue weighted by Gasteiger charge is 2.24. The third kappa shape index (κ3) is 3.00. The molecule has 0 aliphatic carbocycles. The van der Waals surface area contributed by atoms with Crippen LogP contribution in [0.25, 0.3) is 0 Å². The lowest BCUT2D eigenvalue weighted by Crippen LogP contribution is -2.29. The van der Waals surface area contributed by atoms with Crippen LogP contribution in [0.5, 0.6) is 0 Å². The fraction of sp³-hybridized carbons (Fsp3) is 0.500. The van der Waals surface area contributed by atoms with Gasteiger partial charge in [0.2, 0.25) is 0 Å². The largest absolute Gasteiger partial charge is 0.379 e. The fourth-order valence-corrected chi connectivity index (χ4v) is 1.53. The van der Waals surface area contributed by atoms with E-state index in [1.165, 1.54) is 12.1 Å². The molecule has 0 saturated heterocycles. The van der Waals surface area contributed by atoms with Crippen molar-refractivity contribution >= 4 is 0 Å². The number of hydrogen-bond acceptors (Lipinski definition) is 2. The molecule has 1 rings (SSSR count). The molecule has 0 aromatic heterocycles. The molecular weight excluding hydrogens is 212 g/mol. The second-order valence-corrected chi connectivity index (χ2v) is 4.42. The van der Waals surface area contributed by atoms with Gasteiger partial charge in [0.15, 0.2) is 11.6 Å². The van der Waals surface area contributed by atoms with Gasteiger partial charge in [0, 0.05) is 18.7 Å². The summed E-state index contributed by atoms with van der Waals surface area (Å²) in [4.78, 5) is 0. The minimum absolute atomic E-state index is 0.185. The van der Waals surface area contributed by atoms with Gasteiger partial charge in [-0.2, -0.15) is 0 Å². The maximum absolute atomic E-state index is 13.4. The van der Waals surface area contributed by atoms with E-state index in [9.17, 15) is 8.78 Å². The average molecular weight is 229 g/mol. The number of nitrogens with two attached hydrogens (primary N) is 1. The van der Waals surface area contributed by atoms with E-state index in [0.29, 0.717) is 6.42 Å². The Hall–Kier alpha value is -1.00. The summed E-state index contributed by atoms with van der Waals surface area (Å²) >= 11 is 0. The summed E-state index contributed by atoms with van der Waals surface area (Å²) < 4.78 is 31.6. The van der Waals surface area contributed by atoms with Gasteiger partial charge in [0.1, 0.15) is 0 Å². The highest BCUT2D eigenvalue weighted by Crippen LogP contribution is 2.26. The molecule has 0 aliphatic rings. The summed E-state index contributed by atoms with van der Waals surface area (Å²) in [5.74, 6) is -1.75. The number of methoxy groups -OCH3 is 1. The van der Waals surface area contributed by atoms with Crippen molar-refractivity contribution < 1.29 is 13.5 Å². The number of rotatable bonds is 4. The van der Waals surface area contributed by atoms with Gasteiger partial charge in [-0.15, -0.1) is 0 Å². The first-order valence-electron chi connectivity index (χ1n) is 5.12. The molecule has 0 aliphatic heterocycles. The normalized spacial score (nSPS) is 13.9. The Labute approximate surface area is 94.4 Å². The molecule has 0 amide bonds. The Bertz CT molecular complexity index is 366. The molecule has 0 heterocycles. The van der Waals surface area contributed by atoms with Crippen molar-refractivity contribution in [3.05, 3.63) is 35.4 Å². The third-order valence-corrected chi connectivity index (χ3v) is 2.65. The van der Waals surface area contributed by atoms with Gasteiger partial charge in [-0.05, 0) is 26.3 Å². The van der Waals surface area contributed by atoms with Crippen LogP contribution in [0.2, 0.25) is 0 Å². The molecule has 1 atom stereocenters. The van der Waals surface area contributed by atoms with Gasteiger partial charge in [-0.3, -0.25) is 0 Å². The van der Waals surface area contributed by atoms with Crippen molar-refractivity contribution in [3.63, 3.8) is 0 Å². The van der Waals surface area contributed by atoms with Crippen LogP contribution in [-0.4, -0.2) is 12.7 Å². The lowest BCUT2D eigenvalue weighted by Gasteiger charge is -2.26. The van der Waals surface area contributed by atoms with Crippen molar-refractivity contribution in [2.75, 3.05) is 7.11 Å². The lowest BCUT2D eigenvalue weighted by atomic mass is 9.94. The van der Waals surface area contributed by atoms with Crippen molar-refractivity contribution in [2.24, 2.45) is 5.73 Å². The van der Waals surface area contributed by atoms with E-state index in [-0.39, 0.29) is 5.56 Å². The van der Waals surface area contributed by atoms with Crippen LogP contribution in [0, 0.1) is 11.6 Å². The van der Waals surface area contributed by atoms with Crippen LogP contribution in [0.3, 0.4) is 0 Å². The zero-order chi connectivity index (χ0) is 12.3. The van der Waals surface area contributed by atoms with E-state index in [1.54, 1.807) is 7.11 Å². The van der Waals surface area contributed by atoms with Gasteiger partial charge in [0.25, 0.3) is 0 Å². The molecule has 4 heteroatoms. The highest BCUT2D eigenvalue weighted by atomic mass is 19.2. The summed E-state index contributed by atoms with van der Waals surface area (Å²) in [7, 11) is 1.56. The maximum atomic E-state index is 13.4. The molecule has 16 heavy (non-hydrogen) atoms. The SMILES string of the molecule is COC(C)(C)CC(N)c1cccc(F)c1F. The van der Waals surface area contributed by atoms with Gasteiger partial charge < -0.3 is 10.5 Å². The molecule has 90 valence electrons. The Morgan fingerprint density at radius 1 is 1.38 bits per heavy atom. The first kappa shape index (κ1) is 13.1. The molecule has 0 radical (unpaired) electrons. The lowest BCUT2D eigenvalue weighted by molar-refractivity contribution is 0.00969. The Kier molecular flexibility index (Phi) is 3.99. The standard InChI is InChI=1S/C12H17F2NO/c1-12(2,16-3)7-10(15)8-5-4-6-9(13)11(8)14/h4-6,10H,7,15H2,1-3H3. The summed E-state index contributed by atoms with van der Waals surface area (Å²) in [5.41, 5.74) is 5.56. The zero-order valence-electron chi connectivity index (χ0n) is 9.76. The van der Waals surface area contributed by atoms with Crippen molar-refractivity contribution in [2.45, 2.75) is 31.9 Å². The molecule has 0 saturated carbocycles. The van der Waals surface area contributed by atoms with Gasteiger partial charge in [-0.25, -0.2) is 8.78 Å². The highest BCUT2D eigenvalue weighted by molar-refractivity contribution is 5.22. The van der Waals surface area contributed by atoms with Crippen LogP contribution < -0.4 is 5.73 Å². The van der Waals surface area contributed by atoms with Gasteiger partial charge >= 0.3 is 0 Å². The predicted molar refractivity (Wildman–Crippen MR) is 59.0 cm³/mol. The number of hydrogen-bond donors (Lipinski definition) is 1. The fourth-order valence-electron chi connectivity index (χ4n) is 1.53.